The van der Waals surface area contributed by atoms with Crippen LogP contribution in [-0.2, 0) is 0 Å². The molecule has 0 aliphatic carbocycles. The van der Waals surface area contributed by atoms with E-state index in [0.29, 0.717) is 5.02 Å². The Morgan fingerprint density at radius 3 is 2.79 bits per heavy atom. The van der Waals surface area contributed by atoms with Gasteiger partial charge in [-0.3, -0.25) is 4.98 Å². The monoisotopic (exact) mass is 405 g/mol. The quantitative estimate of drug-likeness (QED) is 0.618. The Balaban J connectivity index is 1.44. The molecule has 2 aromatic carbocycles. The van der Waals surface area contributed by atoms with Gasteiger partial charge in [0.1, 0.15) is 5.75 Å². The van der Waals surface area contributed by atoms with Crippen LogP contribution in [0.15, 0.2) is 66.0 Å². The average Bonchev–Trinajstić information content (AvgIpc) is 3.40. The van der Waals surface area contributed by atoms with Crippen LogP contribution in [0.4, 0.5) is 0 Å². The van der Waals surface area contributed by atoms with Crippen LogP contribution in [0.3, 0.4) is 0 Å². The standard InChI is InChI=1S/C22H16ClN3O3/c23-15-4-6-19-16(9-15)18-10-17(13-3-5-20-21(8-13)28-12-27-20)25-26(18)22(29-19)14-2-1-7-24-11-14/h1-9,11,18,22H,10,12H2. The molecule has 6 rings (SSSR count). The minimum Gasteiger partial charge on any atom is -0.464 e. The van der Waals surface area contributed by atoms with Gasteiger partial charge in [-0.05, 0) is 42.5 Å². The van der Waals surface area contributed by atoms with Crippen molar-refractivity contribution < 1.29 is 14.2 Å². The zero-order valence-corrected chi connectivity index (χ0v) is 16.0. The third kappa shape index (κ3) is 2.71. The molecule has 3 aliphatic rings. The number of nitrogens with zero attached hydrogens (tertiary/aromatic N) is 3. The maximum absolute atomic E-state index is 6.32. The van der Waals surface area contributed by atoms with E-state index in [1.165, 1.54) is 0 Å². The topological polar surface area (TPSA) is 56.2 Å². The number of fused-ring (bicyclic) bond motifs is 4. The number of rotatable bonds is 2. The van der Waals surface area contributed by atoms with Gasteiger partial charge in [0.15, 0.2) is 11.5 Å². The summed E-state index contributed by atoms with van der Waals surface area (Å²) in [7, 11) is 0. The van der Waals surface area contributed by atoms with Crippen molar-refractivity contribution in [3.8, 4) is 17.2 Å². The smallest absolute Gasteiger partial charge is 0.231 e. The molecule has 0 saturated heterocycles. The molecule has 0 N–H and O–H groups in total. The third-order valence-electron chi connectivity index (χ3n) is 5.43. The first-order valence-electron chi connectivity index (χ1n) is 9.38. The summed E-state index contributed by atoms with van der Waals surface area (Å²) >= 11 is 6.29. The van der Waals surface area contributed by atoms with Crippen molar-refractivity contribution >= 4 is 17.3 Å². The lowest BCUT2D eigenvalue weighted by Gasteiger charge is -2.38. The summed E-state index contributed by atoms with van der Waals surface area (Å²) in [6.07, 6.45) is 3.96. The highest BCUT2D eigenvalue weighted by molar-refractivity contribution is 6.30. The molecule has 2 atom stereocenters. The third-order valence-corrected chi connectivity index (χ3v) is 5.66. The molecule has 7 heteroatoms. The molecule has 0 amide bonds. The molecule has 4 heterocycles. The first kappa shape index (κ1) is 16.7. The van der Waals surface area contributed by atoms with Gasteiger partial charge in [0.05, 0.1) is 11.8 Å². The van der Waals surface area contributed by atoms with Crippen molar-refractivity contribution in [2.75, 3.05) is 6.79 Å². The number of hydrazone groups is 1. The molecule has 144 valence electrons. The van der Waals surface area contributed by atoms with Gasteiger partial charge in [-0.25, -0.2) is 5.01 Å². The van der Waals surface area contributed by atoms with Crippen molar-refractivity contribution in [3.05, 3.63) is 82.6 Å². The molecule has 3 aliphatic heterocycles. The van der Waals surface area contributed by atoms with Gasteiger partial charge in [0, 0.05) is 40.5 Å². The van der Waals surface area contributed by atoms with Gasteiger partial charge < -0.3 is 14.2 Å². The van der Waals surface area contributed by atoms with Crippen LogP contribution in [-0.4, -0.2) is 22.5 Å². The molecule has 0 bridgehead atoms. The molecule has 0 saturated carbocycles. The van der Waals surface area contributed by atoms with E-state index in [4.69, 9.17) is 30.9 Å². The van der Waals surface area contributed by atoms with Crippen molar-refractivity contribution in [1.82, 2.24) is 9.99 Å². The number of halogens is 1. The summed E-state index contributed by atoms with van der Waals surface area (Å²) in [6.45, 7) is 0.253. The summed E-state index contributed by atoms with van der Waals surface area (Å²) in [5.74, 6) is 2.34. The number of hydrogen-bond acceptors (Lipinski definition) is 6. The van der Waals surface area contributed by atoms with Crippen LogP contribution in [0, 0.1) is 0 Å². The van der Waals surface area contributed by atoms with E-state index in [-0.39, 0.29) is 19.1 Å². The Labute approximate surface area is 172 Å². The van der Waals surface area contributed by atoms with E-state index in [1.54, 1.807) is 6.20 Å². The van der Waals surface area contributed by atoms with Crippen LogP contribution in [0.25, 0.3) is 0 Å². The Kier molecular flexibility index (Phi) is 3.67. The van der Waals surface area contributed by atoms with Crippen LogP contribution in [0.1, 0.15) is 35.4 Å². The number of ether oxygens (including phenoxy) is 3. The summed E-state index contributed by atoms with van der Waals surface area (Å²) in [6, 6.07) is 15.6. The van der Waals surface area contributed by atoms with Crippen LogP contribution < -0.4 is 14.2 Å². The van der Waals surface area contributed by atoms with Gasteiger partial charge in [0.25, 0.3) is 0 Å². The van der Waals surface area contributed by atoms with E-state index in [9.17, 15) is 0 Å². The molecule has 0 spiro atoms. The van der Waals surface area contributed by atoms with Crippen molar-refractivity contribution in [2.24, 2.45) is 5.10 Å². The van der Waals surface area contributed by atoms with Gasteiger partial charge in [-0.2, -0.15) is 5.10 Å². The van der Waals surface area contributed by atoms with Gasteiger partial charge in [-0.15, -0.1) is 0 Å². The van der Waals surface area contributed by atoms with E-state index in [1.807, 2.05) is 59.7 Å². The van der Waals surface area contributed by atoms with Crippen molar-refractivity contribution in [1.29, 1.82) is 0 Å². The van der Waals surface area contributed by atoms with E-state index in [2.05, 4.69) is 4.98 Å². The lowest BCUT2D eigenvalue weighted by molar-refractivity contribution is -0.0192. The fraction of sp³-hybridized carbons (Fsp3) is 0.182. The highest BCUT2D eigenvalue weighted by Crippen LogP contribution is 2.48. The summed E-state index contributed by atoms with van der Waals surface area (Å²) < 4.78 is 17.3. The van der Waals surface area contributed by atoms with Crippen LogP contribution >= 0.6 is 11.6 Å². The number of benzene rings is 2. The molecule has 3 aromatic rings. The minimum atomic E-state index is -0.353. The number of hydrogen-bond donors (Lipinski definition) is 0. The lowest BCUT2D eigenvalue weighted by Crippen LogP contribution is -2.33. The van der Waals surface area contributed by atoms with Gasteiger partial charge in [0.2, 0.25) is 13.0 Å². The lowest BCUT2D eigenvalue weighted by atomic mass is 9.96. The normalized spacial score (nSPS) is 21.3. The largest absolute Gasteiger partial charge is 0.464 e. The Hall–Kier alpha value is -3.25. The summed E-state index contributed by atoms with van der Waals surface area (Å²) in [5.41, 5.74) is 3.97. The zero-order valence-electron chi connectivity index (χ0n) is 15.3. The van der Waals surface area contributed by atoms with Gasteiger partial charge in [-0.1, -0.05) is 17.7 Å². The van der Waals surface area contributed by atoms with Crippen LogP contribution in [0.2, 0.25) is 5.02 Å². The molecule has 2 unspecified atom stereocenters. The van der Waals surface area contributed by atoms with E-state index >= 15 is 0 Å². The second-order valence-corrected chi connectivity index (χ2v) is 7.59. The first-order valence-corrected chi connectivity index (χ1v) is 9.76. The van der Waals surface area contributed by atoms with E-state index < -0.39 is 0 Å². The van der Waals surface area contributed by atoms with Crippen molar-refractivity contribution in [2.45, 2.75) is 18.7 Å². The van der Waals surface area contributed by atoms with Crippen molar-refractivity contribution in [3.63, 3.8) is 0 Å². The maximum Gasteiger partial charge on any atom is 0.231 e. The minimum absolute atomic E-state index is 0.0306. The molecule has 6 nitrogen and oxygen atoms in total. The average molecular weight is 406 g/mol. The number of aromatic nitrogens is 1. The molecular formula is C22H16ClN3O3. The fourth-order valence-electron chi connectivity index (χ4n) is 4.05. The predicted octanol–water partition coefficient (Wildman–Crippen LogP) is 4.71. The van der Waals surface area contributed by atoms with Gasteiger partial charge >= 0.3 is 0 Å². The highest BCUT2D eigenvalue weighted by Gasteiger charge is 2.41. The number of pyridine rings is 1. The molecule has 1 aromatic heterocycles. The second kappa shape index (κ2) is 6.39. The fourth-order valence-corrected chi connectivity index (χ4v) is 4.23. The zero-order chi connectivity index (χ0) is 19.4. The molecule has 0 radical (unpaired) electrons. The first-order chi connectivity index (χ1) is 14.3. The molecule has 29 heavy (non-hydrogen) atoms. The molecular weight excluding hydrogens is 390 g/mol. The Morgan fingerprint density at radius 1 is 1.00 bits per heavy atom. The Morgan fingerprint density at radius 2 is 1.90 bits per heavy atom. The predicted molar refractivity (Wildman–Crippen MR) is 107 cm³/mol. The molecule has 0 fully saturated rings. The Bertz CT molecular complexity index is 1140. The summed E-state index contributed by atoms with van der Waals surface area (Å²) in [4.78, 5) is 4.25. The maximum atomic E-state index is 6.32. The SMILES string of the molecule is Clc1ccc2c(c1)C1CC(c3ccc4c(c3)OCO4)=NN1C(c1cccnc1)O2. The summed E-state index contributed by atoms with van der Waals surface area (Å²) in [5, 5.41) is 7.64. The second-order valence-electron chi connectivity index (χ2n) is 7.15. The van der Waals surface area contributed by atoms with Crippen LogP contribution in [0.5, 0.6) is 17.2 Å². The highest BCUT2D eigenvalue weighted by atomic mass is 35.5. The van der Waals surface area contributed by atoms with E-state index in [0.717, 1.165) is 46.1 Å².